The number of hydrogen-bond acceptors (Lipinski definition) is 4. The van der Waals surface area contributed by atoms with Crippen LogP contribution in [0.4, 0.5) is 9.18 Å². The molecular formula is C26H22FNO4. The van der Waals surface area contributed by atoms with E-state index in [-0.39, 0.29) is 18.1 Å². The van der Waals surface area contributed by atoms with Crippen LogP contribution in [0.15, 0.2) is 66.7 Å². The maximum atomic E-state index is 13.6. The Kier molecular flexibility index (Phi) is 6.31. The summed E-state index contributed by atoms with van der Waals surface area (Å²) < 4.78 is 19.1. The zero-order chi connectivity index (χ0) is 22.5. The third kappa shape index (κ3) is 4.39. The highest BCUT2D eigenvalue weighted by atomic mass is 19.1. The predicted octanol–water partition coefficient (Wildman–Crippen LogP) is 5.29. The summed E-state index contributed by atoms with van der Waals surface area (Å²) >= 11 is 0. The molecule has 0 aliphatic heterocycles. The lowest BCUT2D eigenvalue weighted by Gasteiger charge is -2.14. The zero-order valence-corrected chi connectivity index (χ0v) is 17.3. The van der Waals surface area contributed by atoms with Crippen LogP contribution in [0.1, 0.15) is 39.4 Å². The van der Waals surface area contributed by atoms with E-state index in [1.165, 1.54) is 17.2 Å². The van der Waals surface area contributed by atoms with Crippen molar-refractivity contribution in [2.24, 2.45) is 0 Å². The summed E-state index contributed by atoms with van der Waals surface area (Å²) in [5.74, 6) is -1.51. The number of ether oxygens (including phenoxy) is 1. The van der Waals surface area contributed by atoms with Gasteiger partial charge in [0.1, 0.15) is 6.61 Å². The molecule has 162 valence electrons. The summed E-state index contributed by atoms with van der Waals surface area (Å²) in [6.45, 7) is 0.589. The second-order valence-electron chi connectivity index (χ2n) is 7.50. The molecule has 6 heteroatoms. The van der Waals surface area contributed by atoms with Crippen molar-refractivity contribution in [3.05, 3.63) is 94.8 Å². The van der Waals surface area contributed by atoms with Gasteiger partial charge in [0.2, 0.25) is 0 Å². The van der Waals surface area contributed by atoms with Crippen molar-refractivity contribution < 1.29 is 23.8 Å². The number of phenols is 1. The third-order valence-electron chi connectivity index (χ3n) is 5.48. The largest absolute Gasteiger partial charge is 0.504 e. The lowest BCUT2D eigenvalue weighted by atomic mass is 9.98. The van der Waals surface area contributed by atoms with E-state index in [0.29, 0.717) is 24.8 Å². The fourth-order valence-corrected chi connectivity index (χ4v) is 3.95. The molecule has 0 fully saturated rings. The van der Waals surface area contributed by atoms with Crippen molar-refractivity contribution in [2.75, 3.05) is 13.2 Å². The van der Waals surface area contributed by atoms with Crippen LogP contribution in [-0.2, 0) is 4.74 Å². The average Bonchev–Trinajstić information content (AvgIpc) is 3.13. The third-order valence-corrected chi connectivity index (χ3v) is 5.48. The molecule has 1 aliphatic rings. The van der Waals surface area contributed by atoms with E-state index in [1.54, 1.807) is 12.2 Å². The van der Waals surface area contributed by atoms with Gasteiger partial charge in [-0.15, -0.1) is 0 Å². The van der Waals surface area contributed by atoms with Gasteiger partial charge in [-0.05, 0) is 46.4 Å². The summed E-state index contributed by atoms with van der Waals surface area (Å²) in [4.78, 5) is 23.0. The second-order valence-corrected chi connectivity index (χ2v) is 7.50. The molecule has 1 aliphatic carbocycles. The molecule has 0 atom stereocenters. The summed E-state index contributed by atoms with van der Waals surface area (Å²) in [7, 11) is 0. The number of aromatic hydroxyl groups is 1. The lowest BCUT2D eigenvalue weighted by Crippen LogP contribution is -2.26. The monoisotopic (exact) mass is 431 g/mol. The van der Waals surface area contributed by atoms with Gasteiger partial charge in [-0.2, -0.15) is 0 Å². The van der Waals surface area contributed by atoms with Gasteiger partial charge in [0, 0.05) is 12.5 Å². The van der Waals surface area contributed by atoms with E-state index in [2.05, 4.69) is 29.6 Å². The second kappa shape index (κ2) is 9.47. The van der Waals surface area contributed by atoms with Crippen LogP contribution < -0.4 is 5.32 Å². The van der Waals surface area contributed by atoms with Crippen LogP contribution in [0.25, 0.3) is 17.2 Å². The van der Waals surface area contributed by atoms with Gasteiger partial charge >= 0.3 is 6.09 Å². The first-order valence-corrected chi connectivity index (χ1v) is 10.3. The molecule has 0 saturated carbocycles. The Morgan fingerprint density at radius 2 is 1.72 bits per heavy atom. The van der Waals surface area contributed by atoms with Crippen LogP contribution in [0.3, 0.4) is 0 Å². The van der Waals surface area contributed by atoms with Crippen molar-refractivity contribution >= 4 is 18.5 Å². The highest BCUT2D eigenvalue weighted by Crippen LogP contribution is 2.44. The van der Waals surface area contributed by atoms with Gasteiger partial charge in [-0.1, -0.05) is 60.7 Å². The SMILES string of the molecule is O=Cc1cc(C=CCCNC(=O)OCC2c3ccccc3-c3ccccc32)cc(F)c1O. The van der Waals surface area contributed by atoms with Crippen LogP contribution in [0.2, 0.25) is 0 Å². The first kappa shape index (κ1) is 21.3. The molecule has 5 nitrogen and oxygen atoms in total. The molecule has 0 bridgehead atoms. The molecule has 4 rings (SSSR count). The molecule has 0 saturated heterocycles. The Morgan fingerprint density at radius 1 is 1.06 bits per heavy atom. The molecule has 0 spiro atoms. The quantitative estimate of drug-likeness (QED) is 0.394. The van der Waals surface area contributed by atoms with Gasteiger partial charge in [-0.25, -0.2) is 9.18 Å². The minimum Gasteiger partial charge on any atom is -0.504 e. The normalized spacial score (nSPS) is 12.4. The predicted molar refractivity (Wildman–Crippen MR) is 120 cm³/mol. The maximum absolute atomic E-state index is 13.6. The zero-order valence-electron chi connectivity index (χ0n) is 17.3. The lowest BCUT2D eigenvalue weighted by molar-refractivity contribution is 0.112. The van der Waals surface area contributed by atoms with E-state index < -0.39 is 17.7 Å². The fourth-order valence-electron chi connectivity index (χ4n) is 3.95. The number of aldehydes is 1. The smallest absolute Gasteiger partial charge is 0.407 e. The van der Waals surface area contributed by atoms with Crippen LogP contribution in [0.5, 0.6) is 5.75 Å². The number of rotatable bonds is 7. The Balaban J connectivity index is 1.28. The first-order valence-electron chi connectivity index (χ1n) is 10.3. The molecule has 0 heterocycles. The highest BCUT2D eigenvalue weighted by molar-refractivity contribution is 5.81. The molecule has 0 unspecified atom stereocenters. The maximum Gasteiger partial charge on any atom is 0.407 e. The number of alkyl carbamates (subject to hydrolysis) is 1. The van der Waals surface area contributed by atoms with E-state index in [4.69, 9.17) is 4.74 Å². The number of phenolic OH excluding ortho intramolecular Hbond substituents is 1. The molecule has 0 radical (unpaired) electrons. The molecule has 1 amide bonds. The number of fused-ring (bicyclic) bond motifs is 3. The van der Waals surface area contributed by atoms with Crippen LogP contribution in [-0.4, -0.2) is 30.6 Å². The summed E-state index contributed by atoms with van der Waals surface area (Å²) in [6, 6.07) is 18.8. The fraction of sp³-hybridized carbons (Fsp3) is 0.154. The van der Waals surface area contributed by atoms with Crippen molar-refractivity contribution in [3.63, 3.8) is 0 Å². The van der Waals surface area contributed by atoms with E-state index in [9.17, 15) is 19.1 Å². The van der Waals surface area contributed by atoms with Gasteiger partial charge in [0.25, 0.3) is 0 Å². The van der Waals surface area contributed by atoms with Crippen molar-refractivity contribution in [1.29, 1.82) is 0 Å². The van der Waals surface area contributed by atoms with Gasteiger partial charge in [-0.3, -0.25) is 4.79 Å². The van der Waals surface area contributed by atoms with E-state index in [0.717, 1.165) is 17.2 Å². The Labute approximate surface area is 185 Å². The minimum atomic E-state index is -0.856. The average molecular weight is 431 g/mol. The number of halogens is 1. The van der Waals surface area contributed by atoms with Gasteiger partial charge < -0.3 is 15.2 Å². The number of carbonyl (C=O) groups is 2. The Morgan fingerprint density at radius 3 is 2.38 bits per heavy atom. The van der Waals surface area contributed by atoms with Gasteiger partial charge in [0.15, 0.2) is 17.9 Å². The Bertz CT molecular complexity index is 1140. The standard InChI is InChI=1S/C26H22FNO4/c27-24-14-17(13-18(15-29)25(24)30)7-5-6-12-28-26(31)32-16-23-21-10-3-1-8-19(21)20-9-2-4-11-22(20)23/h1-5,7-11,13-15,23,30H,6,12,16H2,(H,28,31). The van der Waals surface area contributed by atoms with Crippen LogP contribution >= 0.6 is 0 Å². The van der Waals surface area contributed by atoms with Gasteiger partial charge in [0.05, 0.1) is 5.56 Å². The summed E-state index contributed by atoms with van der Waals surface area (Å²) in [6.07, 6.45) is 3.75. The topological polar surface area (TPSA) is 75.6 Å². The number of benzene rings is 3. The Hall–Kier alpha value is -3.93. The minimum absolute atomic E-state index is 0.00412. The highest BCUT2D eigenvalue weighted by Gasteiger charge is 2.28. The molecule has 0 aromatic heterocycles. The molecule has 2 N–H and O–H groups in total. The number of carbonyl (C=O) groups excluding carboxylic acids is 2. The first-order chi connectivity index (χ1) is 15.6. The summed E-state index contributed by atoms with van der Waals surface area (Å²) in [5.41, 5.74) is 4.99. The van der Waals surface area contributed by atoms with Crippen molar-refractivity contribution in [2.45, 2.75) is 12.3 Å². The molecule has 3 aromatic rings. The number of hydrogen-bond donors (Lipinski definition) is 2. The number of nitrogens with one attached hydrogen (secondary N) is 1. The van der Waals surface area contributed by atoms with E-state index >= 15 is 0 Å². The number of amides is 1. The van der Waals surface area contributed by atoms with E-state index in [1.807, 2.05) is 24.3 Å². The summed E-state index contributed by atoms with van der Waals surface area (Å²) in [5, 5.41) is 12.1. The van der Waals surface area contributed by atoms with Crippen LogP contribution in [0, 0.1) is 5.82 Å². The van der Waals surface area contributed by atoms with Crippen molar-refractivity contribution in [1.82, 2.24) is 5.32 Å². The molecule has 32 heavy (non-hydrogen) atoms. The molecular weight excluding hydrogens is 409 g/mol. The van der Waals surface area contributed by atoms with Crippen molar-refractivity contribution in [3.8, 4) is 16.9 Å². The molecule has 3 aromatic carbocycles.